The van der Waals surface area contributed by atoms with Gasteiger partial charge in [-0.1, -0.05) is 5.57 Å². The lowest BCUT2D eigenvalue weighted by atomic mass is 10.0. The van der Waals surface area contributed by atoms with E-state index in [1.165, 1.54) is 11.6 Å². The molecule has 1 saturated heterocycles. The maximum Gasteiger partial charge on any atom is 0.336 e. The zero-order chi connectivity index (χ0) is 18.3. The van der Waals surface area contributed by atoms with Gasteiger partial charge in [-0.3, -0.25) is 0 Å². The zero-order valence-electron chi connectivity index (χ0n) is 15.2. The average Bonchev–Trinajstić information content (AvgIpc) is 2.98. The van der Waals surface area contributed by atoms with E-state index >= 15 is 0 Å². The molecule has 1 atom stereocenters. The van der Waals surface area contributed by atoms with Gasteiger partial charge in [-0.25, -0.2) is 4.79 Å². The molecule has 2 aromatic heterocycles. The Morgan fingerprint density at radius 3 is 2.77 bits per heavy atom. The van der Waals surface area contributed by atoms with Gasteiger partial charge in [-0.2, -0.15) is 0 Å². The molecule has 1 fully saturated rings. The zero-order valence-corrected chi connectivity index (χ0v) is 15.2. The quantitative estimate of drug-likeness (QED) is 0.361. The van der Waals surface area contributed by atoms with Crippen molar-refractivity contribution in [2.24, 2.45) is 0 Å². The predicted octanol–water partition coefficient (Wildman–Crippen LogP) is 4.82. The molecule has 0 N–H and O–H groups in total. The van der Waals surface area contributed by atoms with Crippen molar-refractivity contribution in [2.45, 2.75) is 45.3 Å². The first kappa shape index (κ1) is 16.9. The fraction of sp³-hybridized carbons (Fsp3) is 0.381. The number of hydrogen-bond donors (Lipinski definition) is 0. The van der Waals surface area contributed by atoms with Gasteiger partial charge in [-0.05, 0) is 51.8 Å². The van der Waals surface area contributed by atoms with Crippen molar-refractivity contribution < 1.29 is 18.3 Å². The number of hydrogen-bond acceptors (Lipinski definition) is 5. The first-order valence-corrected chi connectivity index (χ1v) is 8.84. The van der Waals surface area contributed by atoms with E-state index in [-0.39, 0.29) is 5.60 Å². The number of rotatable bonds is 6. The fourth-order valence-electron chi connectivity index (χ4n) is 3.23. The average molecular weight is 354 g/mol. The van der Waals surface area contributed by atoms with Crippen LogP contribution in [-0.4, -0.2) is 18.3 Å². The van der Waals surface area contributed by atoms with E-state index < -0.39 is 5.63 Å². The Kier molecular flexibility index (Phi) is 4.11. The van der Waals surface area contributed by atoms with E-state index in [0.717, 1.165) is 23.6 Å². The van der Waals surface area contributed by atoms with Gasteiger partial charge in [0, 0.05) is 12.1 Å². The second-order valence-corrected chi connectivity index (χ2v) is 7.31. The highest BCUT2D eigenvalue weighted by atomic mass is 16.6. The lowest BCUT2D eigenvalue weighted by Crippen LogP contribution is -2.03. The molecule has 0 saturated carbocycles. The smallest absolute Gasteiger partial charge is 0.336 e. The van der Waals surface area contributed by atoms with Crippen molar-refractivity contribution in [2.75, 3.05) is 6.61 Å². The molecule has 0 aliphatic carbocycles. The van der Waals surface area contributed by atoms with Crippen LogP contribution in [0.4, 0.5) is 0 Å². The Morgan fingerprint density at radius 2 is 2.00 bits per heavy atom. The van der Waals surface area contributed by atoms with Gasteiger partial charge in [0.15, 0.2) is 0 Å². The molecular formula is C21H22O5. The summed E-state index contributed by atoms with van der Waals surface area (Å²) in [6.45, 7) is 6.79. The molecule has 1 aliphatic rings. The van der Waals surface area contributed by atoms with E-state index in [1.807, 2.05) is 6.07 Å². The maximum absolute atomic E-state index is 11.5. The largest absolute Gasteiger partial charge is 0.488 e. The van der Waals surface area contributed by atoms with Crippen LogP contribution in [0, 0.1) is 0 Å². The van der Waals surface area contributed by atoms with Crippen LogP contribution in [0.2, 0.25) is 0 Å². The third kappa shape index (κ3) is 3.27. The third-order valence-corrected chi connectivity index (χ3v) is 4.93. The predicted molar refractivity (Wildman–Crippen MR) is 99.7 cm³/mol. The Labute approximate surface area is 151 Å². The van der Waals surface area contributed by atoms with E-state index in [0.29, 0.717) is 29.6 Å². The molecule has 0 amide bonds. The number of allylic oxidation sites excluding steroid dienone is 1. The van der Waals surface area contributed by atoms with Crippen LogP contribution in [-0.2, 0) is 4.74 Å². The standard InChI is InChI=1S/C21H22O5/c1-13(4-6-18-21(2,3)26-18)8-10-24-20-14-5-7-19(22)25-17(14)12-16-15(20)9-11-23-16/h5,7-9,11-12,18H,4,6,10H2,1-3H3/b13-8+/t18-/m1/s1. The van der Waals surface area contributed by atoms with Crippen LogP contribution >= 0.6 is 0 Å². The van der Waals surface area contributed by atoms with Crippen LogP contribution in [0.5, 0.6) is 5.75 Å². The lowest BCUT2D eigenvalue weighted by Gasteiger charge is -2.09. The molecule has 1 aromatic carbocycles. The molecule has 0 unspecified atom stereocenters. The van der Waals surface area contributed by atoms with Crippen molar-refractivity contribution in [3.63, 3.8) is 0 Å². The maximum atomic E-state index is 11.5. The molecule has 5 heteroatoms. The summed E-state index contributed by atoms with van der Waals surface area (Å²) in [5.41, 5.74) is 2.01. The van der Waals surface area contributed by atoms with E-state index in [2.05, 4.69) is 26.8 Å². The van der Waals surface area contributed by atoms with E-state index in [4.69, 9.17) is 18.3 Å². The number of ether oxygens (including phenoxy) is 2. The van der Waals surface area contributed by atoms with Gasteiger partial charge >= 0.3 is 5.63 Å². The topological polar surface area (TPSA) is 65.1 Å². The minimum Gasteiger partial charge on any atom is -0.488 e. The number of fused-ring (bicyclic) bond motifs is 2. The number of benzene rings is 1. The third-order valence-electron chi connectivity index (χ3n) is 4.93. The molecule has 3 aromatic rings. The first-order valence-electron chi connectivity index (χ1n) is 8.84. The van der Waals surface area contributed by atoms with Crippen LogP contribution in [0.1, 0.15) is 33.6 Å². The van der Waals surface area contributed by atoms with E-state index in [1.54, 1.807) is 18.4 Å². The van der Waals surface area contributed by atoms with Crippen molar-refractivity contribution >= 4 is 21.9 Å². The fourth-order valence-corrected chi connectivity index (χ4v) is 3.23. The van der Waals surface area contributed by atoms with Gasteiger partial charge in [0.25, 0.3) is 0 Å². The molecule has 136 valence electrons. The Hall–Kier alpha value is -2.53. The molecule has 0 bridgehead atoms. The van der Waals surface area contributed by atoms with Crippen LogP contribution < -0.4 is 10.4 Å². The normalized spacial score (nSPS) is 19.2. The highest BCUT2D eigenvalue weighted by Gasteiger charge is 2.46. The molecular weight excluding hydrogens is 332 g/mol. The number of furan rings is 1. The first-order chi connectivity index (χ1) is 12.4. The SMILES string of the molecule is C/C(=C\COc1c2ccoc2cc2oc(=O)ccc12)CC[C@H]1OC1(C)C. The molecule has 0 radical (unpaired) electrons. The van der Waals surface area contributed by atoms with Gasteiger partial charge in [0.05, 0.1) is 28.7 Å². The Balaban J connectivity index is 1.51. The summed E-state index contributed by atoms with van der Waals surface area (Å²) in [6.07, 6.45) is 6.06. The Morgan fingerprint density at radius 1 is 1.23 bits per heavy atom. The van der Waals surface area contributed by atoms with Gasteiger partial charge in [0.1, 0.15) is 23.5 Å². The second kappa shape index (κ2) is 6.32. The van der Waals surface area contributed by atoms with Crippen LogP contribution in [0.3, 0.4) is 0 Å². The van der Waals surface area contributed by atoms with Gasteiger partial charge < -0.3 is 18.3 Å². The molecule has 1 aliphatic heterocycles. The van der Waals surface area contributed by atoms with Crippen LogP contribution in [0.15, 0.2) is 55.8 Å². The minimum atomic E-state index is -0.393. The summed E-state index contributed by atoms with van der Waals surface area (Å²) in [6, 6.07) is 6.71. The highest BCUT2D eigenvalue weighted by Crippen LogP contribution is 2.39. The second-order valence-electron chi connectivity index (χ2n) is 7.31. The number of epoxide rings is 1. The summed E-state index contributed by atoms with van der Waals surface area (Å²) in [7, 11) is 0. The van der Waals surface area contributed by atoms with Crippen molar-refractivity contribution in [1.29, 1.82) is 0 Å². The lowest BCUT2D eigenvalue weighted by molar-refractivity contribution is 0.320. The molecule has 4 rings (SSSR count). The summed E-state index contributed by atoms with van der Waals surface area (Å²) in [5, 5.41) is 1.63. The molecule has 3 heterocycles. The minimum absolute atomic E-state index is 0.0382. The summed E-state index contributed by atoms with van der Waals surface area (Å²) in [5.74, 6) is 0.672. The van der Waals surface area contributed by atoms with Gasteiger partial charge in [0.2, 0.25) is 0 Å². The summed E-state index contributed by atoms with van der Waals surface area (Å²) < 4.78 is 22.4. The molecule has 26 heavy (non-hydrogen) atoms. The molecule has 0 spiro atoms. The molecule has 5 nitrogen and oxygen atoms in total. The van der Waals surface area contributed by atoms with Crippen molar-refractivity contribution in [1.82, 2.24) is 0 Å². The Bertz CT molecular complexity index is 1040. The highest BCUT2D eigenvalue weighted by molar-refractivity contribution is 6.01. The van der Waals surface area contributed by atoms with Crippen molar-refractivity contribution in [3.8, 4) is 5.75 Å². The van der Waals surface area contributed by atoms with Gasteiger partial charge in [-0.15, -0.1) is 0 Å². The monoisotopic (exact) mass is 354 g/mol. The van der Waals surface area contributed by atoms with Crippen molar-refractivity contribution in [3.05, 3.63) is 52.6 Å². The summed E-state index contributed by atoms with van der Waals surface area (Å²) in [4.78, 5) is 11.5. The van der Waals surface area contributed by atoms with E-state index in [9.17, 15) is 4.79 Å². The van der Waals surface area contributed by atoms with Crippen LogP contribution in [0.25, 0.3) is 21.9 Å². The summed E-state index contributed by atoms with van der Waals surface area (Å²) >= 11 is 0.